The number of pyridine rings is 1. The highest BCUT2D eigenvalue weighted by Gasteiger charge is 2.26. The Labute approximate surface area is 143 Å². The van der Waals surface area contributed by atoms with Crippen LogP contribution in [0.5, 0.6) is 0 Å². The van der Waals surface area contributed by atoms with Crippen molar-refractivity contribution < 1.29 is 9.53 Å². The van der Waals surface area contributed by atoms with Gasteiger partial charge in [0.15, 0.2) is 0 Å². The number of piperidine rings is 1. The fourth-order valence-electron chi connectivity index (χ4n) is 2.85. The minimum absolute atomic E-state index is 0.0772. The largest absolute Gasteiger partial charge is 0.444 e. The normalized spacial score (nSPS) is 16.5. The number of amides is 1. The zero-order valence-corrected chi connectivity index (χ0v) is 14.9. The molecule has 0 bridgehead atoms. The van der Waals surface area contributed by atoms with Gasteiger partial charge in [-0.2, -0.15) is 0 Å². The van der Waals surface area contributed by atoms with Crippen LogP contribution >= 0.6 is 0 Å². The van der Waals surface area contributed by atoms with Gasteiger partial charge in [0.1, 0.15) is 5.60 Å². The summed E-state index contributed by atoms with van der Waals surface area (Å²) in [5, 5.41) is 0. The molecule has 132 valence electrons. The van der Waals surface area contributed by atoms with Crippen LogP contribution < -0.4 is 5.56 Å². The molecule has 0 aliphatic carbocycles. The second-order valence-corrected chi connectivity index (χ2v) is 7.38. The molecule has 1 aliphatic heterocycles. The van der Waals surface area contributed by atoms with Gasteiger partial charge in [-0.25, -0.2) is 4.79 Å². The van der Waals surface area contributed by atoms with Crippen LogP contribution in [-0.4, -0.2) is 34.7 Å². The second-order valence-electron chi connectivity index (χ2n) is 7.38. The monoisotopic (exact) mass is 332 g/mol. The summed E-state index contributed by atoms with van der Waals surface area (Å²) in [6.07, 6.45) is 9.73. The van der Waals surface area contributed by atoms with Crippen molar-refractivity contribution >= 4 is 12.2 Å². The number of aromatic nitrogens is 1. The maximum absolute atomic E-state index is 12.0. The fraction of sp³-hybridized carbons (Fsp3) is 0.579. The van der Waals surface area contributed by atoms with Crippen LogP contribution in [-0.2, 0) is 4.74 Å². The Morgan fingerprint density at radius 3 is 2.71 bits per heavy atom. The van der Waals surface area contributed by atoms with Crippen molar-refractivity contribution in [3.63, 3.8) is 0 Å². The lowest BCUT2D eigenvalue weighted by Gasteiger charge is -2.33. The highest BCUT2D eigenvalue weighted by atomic mass is 16.6. The first kappa shape index (κ1) is 18.3. The van der Waals surface area contributed by atoms with E-state index in [4.69, 9.17) is 4.74 Å². The Hall–Kier alpha value is -2.04. The number of aromatic amines is 1. The van der Waals surface area contributed by atoms with Gasteiger partial charge in [0.05, 0.1) is 0 Å². The molecule has 0 atom stereocenters. The number of nitrogens with zero attached hydrogens (tertiary/aromatic N) is 1. The van der Waals surface area contributed by atoms with Crippen molar-refractivity contribution in [1.29, 1.82) is 0 Å². The van der Waals surface area contributed by atoms with Gasteiger partial charge >= 0.3 is 6.09 Å². The van der Waals surface area contributed by atoms with E-state index in [9.17, 15) is 9.59 Å². The Morgan fingerprint density at radius 1 is 1.38 bits per heavy atom. The number of nitrogens with one attached hydrogen (secondary N) is 1. The first-order valence-electron chi connectivity index (χ1n) is 8.67. The van der Waals surface area contributed by atoms with Crippen LogP contribution in [0.4, 0.5) is 4.79 Å². The van der Waals surface area contributed by atoms with Crippen LogP contribution in [0, 0.1) is 5.92 Å². The molecule has 1 N–H and O–H groups in total. The lowest BCUT2D eigenvalue weighted by molar-refractivity contribution is 0.0181. The number of ether oxygens (including phenoxy) is 1. The fourth-order valence-corrected chi connectivity index (χ4v) is 2.85. The van der Waals surface area contributed by atoms with Crippen LogP contribution in [0.2, 0.25) is 0 Å². The Kier molecular flexibility index (Phi) is 6.23. The molecular formula is C19H28N2O3. The Balaban J connectivity index is 1.70. The number of carbonyl (C=O) groups excluding carboxylic acids is 1. The van der Waals surface area contributed by atoms with Crippen LogP contribution in [0.3, 0.4) is 0 Å². The summed E-state index contributed by atoms with van der Waals surface area (Å²) in [7, 11) is 0. The van der Waals surface area contributed by atoms with Gasteiger partial charge in [0.2, 0.25) is 5.56 Å². The van der Waals surface area contributed by atoms with E-state index in [1.165, 1.54) is 0 Å². The number of likely N-dealkylation sites (tertiary alicyclic amines) is 1. The molecule has 1 saturated heterocycles. The Morgan fingerprint density at radius 2 is 2.08 bits per heavy atom. The van der Waals surface area contributed by atoms with Crippen LogP contribution in [0.25, 0.3) is 6.08 Å². The Bertz CT molecular complexity index is 620. The molecule has 1 aromatic rings. The summed E-state index contributed by atoms with van der Waals surface area (Å²) in [6, 6.07) is 3.48. The molecule has 0 radical (unpaired) electrons. The molecule has 1 aliphatic rings. The van der Waals surface area contributed by atoms with Crippen molar-refractivity contribution in [2.24, 2.45) is 5.92 Å². The van der Waals surface area contributed by atoms with Crippen molar-refractivity contribution in [3.05, 3.63) is 40.3 Å². The molecule has 2 rings (SSSR count). The van der Waals surface area contributed by atoms with Crippen LogP contribution in [0.15, 0.2) is 29.2 Å². The van der Waals surface area contributed by atoms with E-state index in [2.05, 4.69) is 11.1 Å². The highest BCUT2D eigenvalue weighted by Crippen LogP contribution is 2.23. The summed E-state index contributed by atoms with van der Waals surface area (Å²) in [6.45, 7) is 7.23. The summed E-state index contributed by atoms with van der Waals surface area (Å²) in [5.74, 6) is 0.646. The van der Waals surface area contributed by atoms with Gasteiger partial charge in [0, 0.05) is 25.4 Å². The van der Waals surface area contributed by atoms with E-state index in [1.807, 2.05) is 37.8 Å². The third-order valence-corrected chi connectivity index (χ3v) is 4.12. The summed E-state index contributed by atoms with van der Waals surface area (Å²) >= 11 is 0. The smallest absolute Gasteiger partial charge is 0.410 e. The molecule has 24 heavy (non-hydrogen) atoms. The molecule has 0 unspecified atom stereocenters. The number of carbonyl (C=O) groups is 1. The van der Waals surface area contributed by atoms with Crippen molar-refractivity contribution in [3.8, 4) is 0 Å². The van der Waals surface area contributed by atoms with E-state index in [0.717, 1.165) is 44.3 Å². The third-order valence-electron chi connectivity index (χ3n) is 4.12. The van der Waals surface area contributed by atoms with Gasteiger partial charge in [-0.05, 0) is 64.0 Å². The minimum Gasteiger partial charge on any atom is -0.444 e. The maximum Gasteiger partial charge on any atom is 0.410 e. The molecule has 5 nitrogen and oxygen atoms in total. The lowest BCUT2D eigenvalue weighted by Crippen LogP contribution is -2.41. The van der Waals surface area contributed by atoms with Gasteiger partial charge in [-0.3, -0.25) is 4.79 Å². The zero-order chi connectivity index (χ0) is 17.6. The van der Waals surface area contributed by atoms with E-state index in [0.29, 0.717) is 5.92 Å². The molecule has 1 aromatic heterocycles. The third kappa shape index (κ3) is 6.22. The lowest BCUT2D eigenvalue weighted by atomic mass is 9.92. The van der Waals surface area contributed by atoms with E-state index in [1.54, 1.807) is 12.3 Å². The SMILES string of the molecule is CC(C)(C)OC(=O)N1CCC(CC/C=C/c2cc[nH]c(=O)c2)CC1. The number of allylic oxidation sites excluding steroid dienone is 1. The van der Waals surface area contributed by atoms with Crippen molar-refractivity contribution in [2.75, 3.05) is 13.1 Å². The van der Waals surface area contributed by atoms with Gasteiger partial charge < -0.3 is 14.6 Å². The molecule has 1 amide bonds. The molecule has 0 saturated carbocycles. The topological polar surface area (TPSA) is 62.4 Å². The van der Waals surface area contributed by atoms with E-state index < -0.39 is 5.60 Å². The standard InChI is InChI=1S/C19H28N2O3/c1-19(2,3)24-18(23)21-12-9-15(10-13-21)6-4-5-7-16-8-11-20-17(22)14-16/h5,7-8,11,14-15H,4,6,9-10,12-13H2,1-3H3,(H,20,22)/b7-5+. The summed E-state index contributed by atoms with van der Waals surface area (Å²) < 4.78 is 5.42. The molecule has 2 heterocycles. The zero-order valence-electron chi connectivity index (χ0n) is 14.9. The summed E-state index contributed by atoms with van der Waals surface area (Å²) in [4.78, 5) is 27.7. The predicted molar refractivity (Wildman–Crippen MR) is 95.9 cm³/mol. The van der Waals surface area contributed by atoms with Crippen molar-refractivity contribution in [2.45, 2.75) is 52.1 Å². The quantitative estimate of drug-likeness (QED) is 0.912. The predicted octanol–water partition coefficient (Wildman–Crippen LogP) is 3.82. The van der Waals surface area contributed by atoms with E-state index in [-0.39, 0.29) is 11.7 Å². The number of hydrogen-bond acceptors (Lipinski definition) is 3. The molecular weight excluding hydrogens is 304 g/mol. The van der Waals surface area contributed by atoms with Gasteiger partial charge in [0.25, 0.3) is 0 Å². The number of H-pyrrole nitrogens is 1. The highest BCUT2D eigenvalue weighted by molar-refractivity contribution is 5.68. The van der Waals surface area contributed by atoms with Crippen molar-refractivity contribution in [1.82, 2.24) is 9.88 Å². The molecule has 0 aromatic carbocycles. The first-order valence-corrected chi connectivity index (χ1v) is 8.67. The van der Waals surface area contributed by atoms with Crippen LogP contribution in [0.1, 0.15) is 52.0 Å². The first-order chi connectivity index (χ1) is 11.3. The molecule has 5 heteroatoms. The molecule has 1 fully saturated rings. The van der Waals surface area contributed by atoms with Gasteiger partial charge in [-0.1, -0.05) is 12.2 Å². The maximum atomic E-state index is 12.0. The van der Waals surface area contributed by atoms with Gasteiger partial charge in [-0.15, -0.1) is 0 Å². The number of hydrogen-bond donors (Lipinski definition) is 1. The number of rotatable bonds is 4. The van der Waals surface area contributed by atoms with E-state index >= 15 is 0 Å². The summed E-state index contributed by atoms with van der Waals surface area (Å²) in [5.41, 5.74) is 0.419. The minimum atomic E-state index is -0.433. The second kappa shape index (κ2) is 8.18. The average molecular weight is 332 g/mol. The molecule has 0 spiro atoms. The average Bonchev–Trinajstić information content (AvgIpc) is 2.50.